The van der Waals surface area contributed by atoms with Gasteiger partial charge in [-0.25, -0.2) is 0 Å². The second-order valence-electron chi connectivity index (χ2n) is 9.40. The molecule has 0 saturated carbocycles. The predicted octanol–water partition coefficient (Wildman–Crippen LogP) is 9.61. The summed E-state index contributed by atoms with van der Waals surface area (Å²) in [7, 11) is 0. The van der Waals surface area contributed by atoms with Crippen LogP contribution in [-0.4, -0.2) is 0 Å². The molecule has 0 heteroatoms. The van der Waals surface area contributed by atoms with Crippen molar-refractivity contribution in [2.45, 2.75) is 0 Å². The second-order valence-corrected chi connectivity index (χ2v) is 9.40. The fraction of sp³-hybridized carbons (Fsp3) is 0. The first-order valence-corrected chi connectivity index (χ1v) is 11.9. The van der Waals surface area contributed by atoms with Crippen LogP contribution in [0.3, 0.4) is 0 Å². The third kappa shape index (κ3) is 2.43. The Morgan fingerprint density at radius 2 is 0.971 bits per heavy atom. The molecule has 34 heavy (non-hydrogen) atoms. The molecule has 0 heterocycles. The van der Waals surface area contributed by atoms with E-state index in [1.165, 1.54) is 76.5 Å². The molecule has 7 aromatic carbocycles. The highest BCUT2D eigenvalue weighted by molar-refractivity contribution is 6.24. The number of rotatable bonds is 1. The Kier molecular flexibility index (Phi) is 3.48. The average Bonchev–Trinajstić information content (AvgIpc) is 3.20. The largest absolute Gasteiger partial charge is 0.0622 e. The summed E-state index contributed by atoms with van der Waals surface area (Å²) >= 11 is 0. The van der Waals surface area contributed by atoms with Crippen molar-refractivity contribution < 1.29 is 0 Å². The van der Waals surface area contributed by atoms with Crippen molar-refractivity contribution in [2.75, 3.05) is 0 Å². The fourth-order valence-corrected chi connectivity index (χ4v) is 5.90. The van der Waals surface area contributed by atoms with Gasteiger partial charge in [0.25, 0.3) is 0 Å². The van der Waals surface area contributed by atoms with E-state index in [4.69, 9.17) is 0 Å². The summed E-state index contributed by atoms with van der Waals surface area (Å²) in [4.78, 5) is 0. The highest BCUT2D eigenvalue weighted by Crippen LogP contribution is 2.50. The lowest BCUT2D eigenvalue weighted by Gasteiger charge is -2.09. The van der Waals surface area contributed by atoms with Gasteiger partial charge in [0.15, 0.2) is 0 Å². The lowest BCUT2D eigenvalue weighted by Crippen LogP contribution is -1.83. The minimum Gasteiger partial charge on any atom is -0.0622 e. The SMILES string of the molecule is c1ccc(-c2ccc3cc4cc5c(cc4cc3c2)-c2cccc3c2c-5cc2ccccc23)cc1. The van der Waals surface area contributed by atoms with Crippen molar-refractivity contribution >= 4 is 43.1 Å². The van der Waals surface area contributed by atoms with Crippen LogP contribution in [0.1, 0.15) is 0 Å². The zero-order valence-corrected chi connectivity index (χ0v) is 18.5. The molecule has 0 fully saturated rings. The molecule has 0 radical (unpaired) electrons. The predicted molar refractivity (Wildman–Crippen MR) is 146 cm³/mol. The third-order valence-corrected chi connectivity index (χ3v) is 7.50. The maximum Gasteiger partial charge on any atom is -0.00199 e. The Morgan fingerprint density at radius 3 is 1.85 bits per heavy atom. The van der Waals surface area contributed by atoms with E-state index in [0.717, 1.165) is 0 Å². The molecule has 7 aromatic rings. The van der Waals surface area contributed by atoms with E-state index in [9.17, 15) is 0 Å². The quantitative estimate of drug-likeness (QED) is 0.180. The fourth-order valence-electron chi connectivity index (χ4n) is 5.90. The highest BCUT2D eigenvalue weighted by atomic mass is 14.3. The number of hydrogen-bond acceptors (Lipinski definition) is 0. The Labute approximate surface area is 197 Å². The standard InChI is InChI=1S/C34H20/c1-2-7-21(8-3-1)22-13-14-23-16-26-20-32-31(19-27(26)17-25(23)15-22)30-12-6-11-29-28-10-5-4-9-24(28)18-33(32)34(29)30/h1-20H. The van der Waals surface area contributed by atoms with E-state index in [1.54, 1.807) is 0 Å². The molecular weight excluding hydrogens is 408 g/mol. The molecule has 0 bridgehead atoms. The van der Waals surface area contributed by atoms with E-state index < -0.39 is 0 Å². The van der Waals surface area contributed by atoms with Crippen LogP contribution in [0.5, 0.6) is 0 Å². The monoisotopic (exact) mass is 428 g/mol. The molecule has 0 nitrogen and oxygen atoms in total. The summed E-state index contributed by atoms with van der Waals surface area (Å²) in [5.74, 6) is 0. The third-order valence-electron chi connectivity index (χ3n) is 7.50. The van der Waals surface area contributed by atoms with Gasteiger partial charge >= 0.3 is 0 Å². The average molecular weight is 429 g/mol. The Hall–Kier alpha value is -4.42. The molecule has 1 aliphatic rings. The van der Waals surface area contributed by atoms with E-state index in [0.29, 0.717) is 0 Å². The Bertz CT molecular complexity index is 1940. The van der Waals surface area contributed by atoms with Gasteiger partial charge in [0.05, 0.1) is 0 Å². The molecule has 156 valence electrons. The molecule has 0 spiro atoms. The normalized spacial score (nSPS) is 12.1. The lowest BCUT2D eigenvalue weighted by atomic mass is 9.94. The van der Waals surface area contributed by atoms with Crippen LogP contribution in [-0.2, 0) is 0 Å². The minimum absolute atomic E-state index is 1.26. The van der Waals surface area contributed by atoms with Gasteiger partial charge in [-0.2, -0.15) is 0 Å². The van der Waals surface area contributed by atoms with E-state index >= 15 is 0 Å². The summed E-state index contributed by atoms with van der Waals surface area (Å²) in [6.07, 6.45) is 0. The van der Waals surface area contributed by atoms with Gasteiger partial charge in [0.1, 0.15) is 0 Å². The summed E-state index contributed by atoms with van der Waals surface area (Å²) in [5.41, 5.74) is 7.94. The van der Waals surface area contributed by atoms with Crippen LogP contribution < -0.4 is 0 Å². The van der Waals surface area contributed by atoms with Gasteiger partial charge in [0.2, 0.25) is 0 Å². The highest BCUT2D eigenvalue weighted by Gasteiger charge is 2.23. The van der Waals surface area contributed by atoms with Gasteiger partial charge in [-0.1, -0.05) is 84.9 Å². The lowest BCUT2D eigenvalue weighted by molar-refractivity contribution is 1.65. The zero-order valence-electron chi connectivity index (χ0n) is 18.5. The molecule has 0 N–H and O–H groups in total. The number of hydrogen-bond donors (Lipinski definition) is 0. The topological polar surface area (TPSA) is 0 Å². The Morgan fingerprint density at radius 1 is 0.294 bits per heavy atom. The van der Waals surface area contributed by atoms with Crippen LogP contribution in [0.15, 0.2) is 121 Å². The van der Waals surface area contributed by atoms with E-state index in [-0.39, 0.29) is 0 Å². The maximum absolute atomic E-state index is 2.40. The number of fused-ring (bicyclic) bond motifs is 7. The first kappa shape index (κ1) is 18.1. The van der Waals surface area contributed by atoms with Crippen molar-refractivity contribution in [1.82, 2.24) is 0 Å². The van der Waals surface area contributed by atoms with Gasteiger partial charge in [0, 0.05) is 0 Å². The van der Waals surface area contributed by atoms with Crippen molar-refractivity contribution in [3.8, 4) is 33.4 Å². The van der Waals surface area contributed by atoms with Crippen molar-refractivity contribution in [3.63, 3.8) is 0 Å². The summed E-state index contributed by atoms with van der Waals surface area (Å²) < 4.78 is 0. The van der Waals surface area contributed by atoms with Crippen LogP contribution >= 0.6 is 0 Å². The summed E-state index contributed by atoms with van der Waals surface area (Å²) in [5, 5.41) is 10.5. The van der Waals surface area contributed by atoms with Gasteiger partial charge in [-0.05, 0) is 113 Å². The molecule has 0 amide bonds. The summed E-state index contributed by atoms with van der Waals surface area (Å²) in [6, 6.07) is 44.9. The smallest absolute Gasteiger partial charge is 0.00199 e. The molecule has 0 atom stereocenters. The van der Waals surface area contributed by atoms with Crippen molar-refractivity contribution in [2.24, 2.45) is 0 Å². The van der Waals surface area contributed by atoms with Crippen molar-refractivity contribution in [3.05, 3.63) is 121 Å². The van der Waals surface area contributed by atoms with Crippen LogP contribution in [0.2, 0.25) is 0 Å². The Balaban J connectivity index is 1.41. The van der Waals surface area contributed by atoms with Crippen LogP contribution in [0.4, 0.5) is 0 Å². The molecule has 8 rings (SSSR count). The van der Waals surface area contributed by atoms with Gasteiger partial charge in [-0.3, -0.25) is 0 Å². The van der Waals surface area contributed by atoms with Crippen LogP contribution in [0, 0.1) is 0 Å². The second kappa shape index (κ2) is 6.56. The minimum atomic E-state index is 1.26. The first-order valence-electron chi connectivity index (χ1n) is 11.9. The first-order chi connectivity index (χ1) is 16.8. The molecular formula is C34H20. The molecule has 0 unspecified atom stereocenters. The van der Waals surface area contributed by atoms with E-state index in [2.05, 4.69) is 121 Å². The van der Waals surface area contributed by atoms with Gasteiger partial charge in [-0.15, -0.1) is 0 Å². The van der Waals surface area contributed by atoms with Crippen molar-refractivity contribution in [1.29, 1.82) is 0 Å². The molecule has 1 aliphatic carbocycles. The molecule has 0 aromatic heterocycles. The molecule has 0 saturated heterocycles. The van der Waals surface area contributed by atoms with E-state index in [1.807, 2.05) is 0 Å². The zero-order chi connectivity index (χ0) is 22.2. The summed E-state index contributed by atoms with van der Waals surface area (Å²) in [6.45, 7) is 0. The molecule has 0 aliphatic heterocycles. The number of benzene rings is 7. The van der Waals surface area contributed by atoms with Gasteiger partial charge < -0.3 is 0 Å². The maximum atomic E-state index is 2.40. The van der Waals surface area contributed by atoms with Crippen LogP contribution in [0.25, 0.3) is 76.5 Å².